The molecule has 0 aliphatic rings. The third-order valence-corrected chi connectivity index (χ3v) is 2.76. The molecule has 0 spiro atoms. The number of anilines is 1. The Kier molecular flexibility index (Phi) is 3.78. The smallest absolute Gasteiger partial charge is 0.373 e. The van der Waals surface area contributed by atoms with Gasteiger partial charge in [0.1, 0.15) is 11.5 Å². The Hall–Kier alpha value is -2.31. The predicted molar refractivity (Wildman–Crippen MR) is 68.6 cm³/mol. The maximum absolute atomic E-state index is 12.9. The Morgan fingerprint density at radius 1 is 1.25 bits per heavy atom. The fraction of sp³-hybridized carbons (Fsp3) is 0.231. The van der Waals surface area contributed by atoms with E-state index in [4.69, 9.17) is 0 Å². The van der Waals surface area contributed by atoms with Crippen LogP contribution >= 0.6 is 0 Å². The van der Waals surface area contributed by atoms with E-state index in [9.17, 15) is 18.0 Å². The number of alkyl halides is 3. The summed E-state index contributed by atoms with van der Waals surface area (Å²) in [5.41, 5.74) is -1.15. The molecule has 0 unspecified atom stereocenters. The van der Waals surface area contributed by atoms with Gasteiger partial charge < -0.3 is 5.32 Å². The highest BCUT2D eigenvalue weighted by Gasteiger charge is 2.34. The molecule has 20 heavy (non-hydrogen) atoms. The quantitative estimate of drug-likeness (QED) is 0.940. The molecule has 0 radical (unpaired) electrons. The summed E-state index contributed by atoms with van der Waals surface area (Å²) in [5, 5.41) is 2.81. The maximum Gasteiger partial charge on any atom is 0.431 e. The molecule has 0 saturated carbocycles. The van der Waals surface area contributed by atoms with Crippen LogP contribution in [0.2, 0.25) is 0 Å². The summed E-state index contributed by atoms with van der Waals surface area (Å²) in [6, 6.07) is 6.35. The first kappa shape index (κ1) is 14.1. The molecule has 0 aliphatic carbocycles. The van der Waals surface area contributed by atoms with Crippen LogP contribution in [0.5, 0.6) is 0 Å². The molecule has 2 rings (SSSR count). The molecule has 106 valence electrons. The Labute approximate surface area is 112 Å². The van der Waals surface area contributed by atoms with Crippen LogP contribution in [0.15, 0.2) is 41.3 Å². The van der Waals surface area contributed by atoms with Gasteiger partial charge in [-0.15, -0.1) is 0 Å². The zero-order valence-electron chi connectivity index (χ0n) is 10.6. The second kappa shape index (κ2) is 5.36. The summed E-state index contributed by atoms with van der Waals surface area (Å²) >= 11 is 0. The van der Waals surface area contributed by atoms with Gasteiger partial charge in [-0.25, -0.2) is 4.98 Å². The Morgan fingerprint density at radius 3 is 2.55 bits per heavy atom. The molecule has 0 amide bonds. The van der Waals surface area contributed by atoms with Gasteiger partial charge in [0.15, 0.2) is 0 Å². The van der Waals surface area contributed by atoms with Gasteiger partial charge in [0.25, 0.3) is 5.56 Å². The topological polar surface area (TPSA) is 46.9 Å². The van der Waals surface area contributed by atoms with Crippen molar-refractivity contribution in [2.75, 3.05) is 12.4 Å². The van der Waals surface area contributed by atoms with E-state index in [1.807, 2.05) is 0 Å². The second-order valence-electron chi connectivity index (χ2n) is 4.13. The molecule has 0 bridgehead atoms. The molecule has 1 N–H and O–H groups in total. The summed E-state index contributed by atoms with van der Waals surface area (Å²) in [4.78, 5) is 15.7. The highest BCUT2D eigenvalue weighted by Crippen LogP contribution is 2.28. The number of aromatic nitrogens is 2. The largest absolute Gasteiger partial charge is 0.431 e. The number of rotatable bonds is 3. The average molecular weight is 283 g/mol. The molecule has 0 aliphatic heterocycles. The fourth-order valence-electron chi connectivity index (χ4n) is 1.78. The minimum Gasteiger partial charge on any atom is -0.373 e. The Morgan fingerprint density at radius 2 is 2.00 bits per heavy atom. The van der Waals surface area contributed by atoms with Gasteiger partial charge in [-0.2, -0.15) is 13.2 Å². The van der Waals surface area contributed by atoms with Crippen molar-refractivity contribution in [1.82, 2.24) is 9.55 Å². The van der Waals surface area contributed by atoms with Crippen molar-refractivity contribution in [3.63, 3.8) is 0 Å². The van der Waals surface area contributed by atoms with Gasteiger partial charge in [-0.05, 0) is 17.7 Å². The van der Waals surface area contributed by atoms with Gasteiger partial charge in [0.05, 0.1) is 6.54 Å². The molecule has 7 heteroatoms. The molecule has 2 aromatic rings. The van der Waals surface area contributed by atoms with Crippen LogP contribution in [0.3, 0.4) is 0 Å². The number of nitrogens with zero attached hydrogens (tertiary/aromatic N) is 2. The summed E-state index contributed by atoms with van der Waals surface area (Å²) in [6.07, 6.45) is -3.13. The molecule has 2 aromatic heterocycles. The lowest BCUT2D eigenvalue weighted by Crippen LogP contribution is -2.27. The Bertz CT molecular complexity index is 647. The molecule has 0 fully saturated rings. The van der Waals surface area contributed by atoms with Gasteiger partial charge >= 0.3 is 6.18 Å². The third kappa shape index (κ3) is 2.98. The van der Waals surface area contributed by atoms with Crippen molar-refractivity contribution in [1.29, 1.82) is 0 Å². The lowest BCUT2D eigenvalue weighted by atomic mass is 10.2. The number of hydrogen-bond donors (Lipinski definition) is 1. The van der Waals surface area contributed by atoms with Crippen LogP contribution in [0.4, 0.5) is 19.0 Å². The molecule has 0 aromatic carbocycles. The molecule has 4 nitrogen and oxygen atoms in total. The molecular formula is C13H12F3N3O. The molecule has 2 heterocycles. The standard InChI is InChI=1S/C13H12F3N3O/c1-17-11-6-5-9(7-18-11)8-19-10(13(14,15)16)3-2-4-12(19)20/h2-7H,8H2,1H3,(H,17,18). The van der Waals surface area contributed by atoms with Gasteiger partial charge in [-0.3, -0.25) is 9.36 Å². The van der Waals surface area contributed by atoms with E-state index in [0.717, 1.165) is 18.2 Å². The van der Waals surface area contributed by atoms with Crippen molar-refractivity contribution in [3.8, 4) is 0 Å². The lowest BCUT2D eigenvalue weighted by molar-refractivity contribution is -0.144. The van der Waals surface area contributed by atoms with E-state index in [2.05, 4.69) is 10.3 Å². The van der Waals surface area contributed by atoms with E-state index >= 15 is 0 Å². The molecule has 0 atom stereocenters. The van der Waals surface area contributed by atoms with Crippen LogP contribution in [0.25, 0.3) is 0 Å². The van der Waals surface area contributed by atoms with E-state index in [-0.39, 0.29) is 6.54 Å². The fourth-order valence-corrected chi connectivity index (χ4v) is 1.78. The monoisotopic (exact) mass is 283 g/mol. The zero-order valence-corrected chi connectivity index (χ0v) is 10.6. The SMILES string of the molecule is CNc1ccc(Cn2c(C(F)(F)F)cccc2=O)cn1. The van der Waals surface area contributed by atoms with Crippen molar-refractivity contribution in [2.24, 2.45) is 0 Å². The summed E-state index contributed by atoms with van der Waals surface area (Å²) in [6.45, 7) is -0.175. The van der Waals surface area contributed by atoms with Crippen molar-refractivity contribution in [2.45, 2.75) is 12.7 Å². The number of nitrogens with one attached hydrogen (secondary N) is 1. The highest BCUT2D eigenvalue weighted by molar-refractivity contribution is 5.34. The third-order valence-electron chi connectivity index (χ3n) is 2.76. The van der Waals surface area contributed by atoms with Crippen molar-refractivity contribution >= 4 is 5.82 Å². The van der Waals surface area contributed by atoms with Crippen LogP contribution in [0.1, 0.15) is 11.3 Å². The number of pyridine rings is 2. The Balaban J connectivity index is 2.40. The summed E-state index contributed by atoms with van der Waals surface area (Å²) < 4.78 is 39.3. The van der Waals surface area contributed by atoms with Gasteiger partial charge in [0.2, 0.25) is 0 Å². The summed E-state index contributed by atoms with van der Waals surface area (Å²) in [5.74, 6) is 0.602. The first-order chi connectivity index (χ1) is 9.41. The summed E-state index contributed by atoms with van der Waals surface area (Å²) in [7, 11) is 1.69. The average Bonchev–Trinajstić information content (AvgIpc) is 2.40. The second-order valence-corrected chi connectivity index (χ2v) is 4.13. The number of hydrogen-bond acceptors (Lipinski definition) is 3. The van der Waals surface area contributed by atoms with Crippen molar-refractivity contribution < 1.29 is 13.2 Å². The predicted octanol–water partition coefficient (Wildman–Crippen LogP) is 2.35. The minimum absolute atomic E-state index is 0.175. The van der Waals surface area contributed by atoms with E-state index in [1.165, 1.54) is 6.20 Å². The van der Waals surface area contributed by atoms with E-state index in [0.29, 0.717) is 15.9 Å². The van der Waals surface area contributed by atoms with E-state index < -0.39 is 17.4 Å². The molecular weight excluding hydrogens is 271 g/mol. The first-order valence-corrected chi connectivity index (χ1v) is 5.81. The van der Waals surface area contributed by atoms with Crippen LogP contribution < -0.4 is 10.9 Å². The van der Waals surface area contributed by atoms with Crippen LogP contribution in [-0.2, 0) is 12.7 Å². The maximum atomic E-state index is 12.9. The lowest BCUT2D eigenvalue weighted by Gasteiger charge is -2.14. The zero-order chi connectivity index (χ0) is 14.8. The van der Waals surface area contributed by atoms with E-state index in [1.54, 1.807) is 19.2 Å². The normalized spacial score (nSPS) is 11.4. The van der Waals surface area contributed by atoms with Crippen LogP contribution in [0, 0.1) is 0 Å². The van der Waals surface area contributed by atoms with Crippen LogP contribution in [-0.4, -0.2) is 16.6 Å². The van der Waals surface area contributed by atoms with Crippen molar-refractivity contribution in [3.05, 3.63) is 58.1 Å². The first-order valence-electron chi connectivity index (χ1n) is 5.81. The van der Waals surface area contributed by atoms with Gasteiger partial charge in [0, 0.05) is 19.3 Å². The molecule has 0 saturated heterocycles. The number of halogens is 3. The van der Waals surface area contributed by atoms with Gasteiger partial charge in [-0.1, -0.05) is 12.1 Å². The highest BCUT2D eigenvalue weighted by atomic mass is 19.4. The minimum atomic E-state index is -4.57.